The normalized spacial score (nSPS) is 11.2. The van der Waals surface area contributed by atoms with E-state index in [1.807, 2.05) is 60.8 Å². The summed E-state index contributed by atoms with van der Waals surface area (Å²) in [6.45, 7) is 8.08. The number of para-hydroxylation sites is 2. The van der Waals surface area contributed by atoms with Gasteiger partial charge in [0.2, 0.25) is 0 Å². The van der Waals surface area contributed by atoms with Crippen molar-refractivity contribution in [1.29, 1.82) is 0 Å². The highest BCUT2D eigenvalue weighted by Gasteiger charge is 2.03. The number of likely N-dealkylation sites (N-methyl/N-ethyl adjacent to an activating group) is 1. The van der Waals surface area contributed by atoms with Crippen LogP contribution in [0.25, 0.3) is 0 Å². The van der Waals surface area contributed by atoms with Crippen molar-refractivity contribution in [3.63, 3.8) is 0 Å². The fourth-order valence-corrected chi connectivity index (χ4v) is 2.20. The summed E-state index contributed by atoms with van der Waals surface area (Å²) < 4.78 is 5.93. The van der Waals surface area contributed by atoms with E-state index in [2.05, 4.69) is 23.7 Å². The Morgan fingerprint density at radius 2 is 1.64 bits per heavy atom. The van der Waals surface area contributed by atoms with E-state index in [-0.39, 0.29) is 0 Å². The first-order chi connectivity index (χ1) is 10.8. The molecule has 0 unspecified atom stereocenters. The molecular weight excluding hydrogens is 272 g/mol. The van der Waals surface area contributed by atoms with Crippen molar-refractivity contribution in [1.82, 2.24) is 4.90 Å². The van der Waals surface area contributed by atoms with Gasteiger partial charge in [0.1, 0.15) is 12.4 Å². The second kappa shape index (κ2) is 9.00. The largest absolute Gasteiger partial charge is 0.492 e. The molecule has 0 aliphatic rings. The second-order valence-corrected chi connectivity index (χ2v) is 5.01. The first-order valence-electron chi connectivity index (χ1n) is 7.86. The monoisotopic (exact) mass is 296 g/mol. The lowest BCUT2D eigenvalue weighted by Gasteiger charge is -2.18. The van der Waals surface area contributed by atoms with E-state index in [1.165, 1.54) is 0 Å². The maximum absolute atomic E-state index is 5.93. The maximum atomic E-state index is 5.93. The Morgan fingerprint density at radius 1 is 0.955 bits per heavy atom. The van der Waals surface area contributed by atoms with Gasteiger partial charge in [0.15, 0.2) is 0 Å². The zero-order valence-electron chi connectivity index (χ0n) is 13.4. The highest BCUT2D eigenvalue weighted by molar-refractivity contribution is 5.85. The zero-order chi connectivity index (χ0) is 15.6. The van der Waals surface area contributed by atoms with Crippen LogP contribution in [0.1, 0.15) is 19.4 Å². The SMILES string of the molecule is CCN(CC)CCOc1ccccc1C=Nc1ccccc1. The van der Waals surface area contributed by atoms with Crippen LogP contribution in [0, 0.1) is 0 Å². The van der Waals surface area contributed by atoms with Gasteiger partial charge in [-0.2, -0.15) is 0 Å². The van der Waals surface area contributed by atoms with Gasteiger partial charge in [0, 0.05) is 18.3 Å². The summed E-state index contributed by atoms with van der Waals surface area (Å²) in [7, 11) is 0. The predicted octanol–water partition coefficient (Wildman–Crippen LogP) is 4.16. The third kappa shape index (κ3) is 5.01. The number of ether oxygens (including phenoxy) is 1. The molecule has 22 heavy (non-hydrogen) atoms. The molecule has 0 heterocycles. The molecule has 2 aromatic carbocycles. The van der Waals surface area contributed by atoms with Gasteiger partial charge in [-0.25, -0.2) is 0 Å². The molecule has 0 N–H and O–H groups in total. The first kappa shape index (κ1) is 16.2. The van der Waals surface area contributed by atoms with Crippen LogP contribution in [0.2, 0.25) is 0 Å². The van der Waals surface area contributed by atoms with E-state index in [0.717, 1.165) is 36.6 Å². The van der Waals surface area contributed by atoms with Gasteiger partial charge in [-0.05, 0) is 37.4 Å². The first-order valence-corrected chi connectivity index (χ1v) is 7.86. The lowest BCUT2D eigenvalue weighted by atomic mass is 10.2. The zero-order valence-corrected chi connectivity index (χ0v) is 13.4. The van der Waals surface area contributed by atoms with Crippen LogP contribution in [0.15, 0.2) is 59.6 Å². The minimum Gasteiger partial charge on any atom is -0.492 e. The summed E-state index contributed by atoms with van der Waals surface area (Å²) in [4.78, 5) is 6.85. The van der Waals surface area contributed by atoms with Gasteiger partial charge >= 0.3 is 0 Å². The quantitative estimate of drug-likeness (QED) is 0.683. The van der Waals surface area contributed by atoms with Crippen molar-refractivity contribution in [2.24, 2.45) is 4.99 Å². The number of aliphatic imine (C=N–C) groups is 1. The van der Waals surface area contributed by atoms with Gasteiger partial charge in [-0.3, -0.25) is 4.99 Å². The third-order valence-electron chi connectivity index (χ3n) is 3.59. The van der Waals surface area contributed by atoms with Crippen molar-refractivity contribution < 1.29 is 4.74 Å². The number of hydrogen-bond donors (Lipinski definition) is 0. The number of nitrogens with zero attached hydrogens (tertiary/aromatic N) is 2. The van der Waals surface area contributed by atoms with Crippen LogP contribution in [-0.4, -0.2) is 37.4 Å². The van der Waals surface area contributed by atoms with Crippen molar-refractivity contribution in [2.75, 3.05) is 26.2 Å². The van der Waals surface area contributed by atoms with Crippen LogP contribution in [0.3, 0.4) is 0 Å². The van der Waals surface area contributed by atoms with Crippen LogP contribution in [0.5, 0.6) is 5.75 Å². The Kier molecular flexibility index (Phi) is 6.65. The number of rotatable bonds is 8. The molecule has 0 saturated heterocycles. The number of benzene rings is 2. The van der Waals surface area contributed by atoms with E-state index in [4.69, 9.17) is 4.74 Å². The highest BCUT2D eigenvalue weighted by atomic mass is 16.5. The molecule has 0 aliphatic heterocycles. The summed E-state index contributed by atoms with van der Waals surface area (Å²) in [5.41, 5.74) is 1.95. The Balaban J connectivity index is 1.99. The molecule has 0 spiro atoms. The van der Waals surface area contributed by atoms with Crippen LogP contribution >= 0.6 is 0 Å². The molecule has 0 aromatic heterocycles. The van der Waals surface area contributed by atoms with Crippen molar-refractivity contribution >= 4 is 11.9 Å². The van der Waals surface area contributed by atoms with Crippen molar-refractivity contribution in [3.05, 3.63) is 60.2 Å². The van der Waals surface area contributed by atoms with E-state index in [9.17, 15) is 0 Å². The third-order valence-corrected chi connectivity index (χ3v) is 3.59. The molecule has 2 aromatic rings. The maximum Gasteiger partial charge on any atom is 0.128 e. The average molecular weight is 296 g/mol. The van der Waals surface area contributed by atoms with E-state index in [1.54, 1.807) is 0 Å². The molecule has 0 fully saturated rings. The summed E-state index contributed by atoms with van der Waals surface area (Å²) in [6.07, 6.45) is 1.86. The molecule has 0 aliphatic carbocycles. The molecule has 3 heteroatoms. The van der Waals surface area contributed by atoms with E-state index >= 15 is 0 Å². The Hall–Kier alpha value is -2.13. The Morgan fingerprint density at radius 3 is 2.36 bits per heavy atom. The van der Waals surface area contributed by atoms with Gasteiger partial charge < -0.3 is 9.64 Å². The minimum absolute atomic E-state index is 0.692. The molecule has 0 radical (unpaired) electrons. The van der Waals surface area contributed by atoms with Crippen molar-refractivity contribution in [2.45, 2.75) is 13.8 Å². The predicted molar refractivity (Wildman–Crippen MR) is 93.4 cm³/mol. The standard InChI is InChI=1S/C19H24N2O/c1-3-21(4-2)14-15-22-19-13-9-8-10-17(19)16-20-18-11-6-5-7-12-18/h5-13,16H,3-4,14-15H2,1-2H3. The van der Waals surface area contributed by atoms with E-state index < -0.39 is 0 Å². The smallest absolute Gasteiger partial charge is 0.128 e. The fraction of sp³-hybridized carbons (Fsp3) is 0.316. The van der Waals surface area contributed by atoms with Gasteiger partial charge in [0.25, 0.3) is 0 Å². The Labute approximate surface area is 133 Å². The Bertz CT molecular complexity index is 577. The number of hydrogen-bond acceptors (Lipinski definition) is 3. The molecule has 116 valence electrons. The second-order valence-electron chi connectivity index (χ2n) is 5.01. The molecule has 0 atom stereocenters. The summed E-state index contributed by atoms with van der Waals surface area (Å²) in [6, 6.07) is 18.0. The van der Waals surface area contributed by atoms with Crippen LogP contribution in [-0.2, 0) is 0 Å². The van der Waals surface area contributed by atoms with Crippen LogP contribution in [0.4, 0.5) is 5.69 Å². The average Bonchev–Trinajstić information content (AvgIpc) is 2.59. The molecular formula is C19H24N2O. The topological polar surface area (TPSA) is 24.8 Å². The summed E-state index contributed by atoms with van der Waals surface area (Å²) in [5.74, 6) is 0.884. The highest BCUT2D eigenvalue weighted by Crippen LogP contribution is 2.17. The van der Waals surface area contributed by atoms with Gasteiger partial charge in [0.05, 0.1) is 5.69 Å². The molecule has 3 nitrogen and oxygen atoms in total. The molecule has 0 bridgehead atoms. The van der Waals surface area contributed by atoms with Crippen molar-refractivity contribution in [3.8, 4) is 5.75 Å². The lowest BCUT2D eigenvalue weighted by Crippen LogP contribution is -2.28. The molecule has 0 saturated carbocycles. The fourth-order valence-electron chi connectivity index (χ4n) is 2.20. The minimum atomic E-state index is 0.692. The molecule has 2 rings (SSSR count). The van der Waals surface area contributed by atoms with Crippen LogP contribution < -0.4 is 4.74 Å². The van der Waals surface area contributed by atoms with Gasteiger partial charge in [-0.15, -0.1) is 0 Å². The van der Waals surface area contributed by atoms with E-state index in [0.29, 0.717) is 6.61 Å². The lowest BCUT2D eigenvalue weighted by molar-refractivity contribution is 0.222. The summed E-state index contributed by atoms with van der Waals surface area (Å²) in [5, 5.41) is 0. The summed E-state index contributed by atoms with van der Waals surface area (Å²) >= 11 is 0. The molecule has 0 amide bonds. The van der Waals surface area contributed by atoms with Gasteiger partial charge in [-0.1, -0.05) is 44.2 Å².